The summed E-state index contributed by atoms with van der Waals surface area (Å²) in [6.45, 7) is 3.85. The molecule has 8 heteroatoms. The second-order valence-electron chi connectivity index (χ2n) is 6.45. The zero-order chi connectivity index (χ0) is 19.4. The fourth-order valence-electron chi connectivity index (χ4n) is 2.88. The summed E-state index contributed by atoms with van der Waals surface area (Å²) in [6.07, 6.45) is 1.87. The molecule has 1 aromatic carbocycles. The van der Waals surface area contributed by atoms with Crippen molar-refractivity contribution in [2.75, 3.05) is 16.9 Å². The van der Waals surface area contributed by atoms with E-state index in [1.807, 2.05) is 13.8 Å². The minimum absolute atomic E-state index is 0.0231. The fraction of sp³-hybridized carbons (Fsp3) is 0.421. The van der Waals surface area contributed by atoms with Gasteiger partial charge in [0.25, 0.3) is 0 Å². The third-order valence-electron chi connectivity index (χ3n) is 4.37. The Hall–Kier alpha value is -1.93. The predicted octanol–water partition coefficient (Wildman–Crippen LogP) is 3.82. The number of anilines is 1. The van der Waals surface area contributed by atoms with E-state index in [1.54, 1.807) is 28.8 Å². The first-order valence-electron chi connectivity index (χ1n) is 8.86. The highest BCUT2D eigenvalue weighted by molar-refractivity contribution is 7.99. The Bertz CT molecular complexity index is 823. The summed E-state index contributed by atoms with van der Waals surface area (Å²) in [4.78, 5) is 32.0. The summed E-state index contributed by atoms with van der Waals surface area (Å²) in [5, 5.41) is 3.40. The van der Waals surface area contributed by atoms with Crippen LogP contribution in [0.4, 0.5) is 9.52 Å². The maximum Gasteiger partial charge on any atom is 0.249 e. The predicted molar refractivity (Wildman–Crippen MR) is 108 cm³/mol. The molecule has 1 fully saturated rings. The van der Waals surface area contributed by atoms with Crippen LogP contribution in [0.15, 0.2) is 24.3 Å². The lowest BCUT2D eigenvalue weighted by atomic mass is 10.1. The van der Waals surface area contributed by atoms with E-state index < -0.39 is 6.04 Å². The maximum atomic E-state index is 13.1. The summed E-state index contributed by atoms with van der Waals surface area (Å²) in [5.74, 6) is 0.739. The van der Waals surface area contributed by atoms with Crippen molar-refractivity contribution in [2.45, 2.75) is 39.2 Å². The Labute approximate surface area is 166 Å². The Balaban J connectivity index is 1.66. The molecular weight excluding hydrogens is 385 g/mol. The van der Waals surface area contributed by atoms with Crippen LogP contribution in [-0.4, -0.2) is 39.4 Å². The van der Waals surface area contributed by atoms with Crippen molar-refractivity contribution < 1.29 is 14.0 Å². The lowest BCUT2D eigenvalue weighted by molar-refractivity contribution is -0.136. The number of halogens is 1. The van der Waals surface area contributed by atoms with E-state index in [-0.39, 0.29) is 17.6 Å². The zero-order valence-corrected chi connectivity index (χ0v) is 17.0. The van der Waals surface area contributed by atoms with Crippen molar-refractivity contribution in [1.29, 1.82) is 0 Å². The van der Waals surface area contributed by atoms with Gasteiger partial charge in [0.05, 0.1) is 11.6 Å². The molecule has 0 saturated carbocycles. The number of carbonyl (C=O) groups excluding carboxylic acids is 2. The topological polar surface area (TPSA) is 62.3 Å². The molecule has 0 spiro atoms. The van der Waals surface area contributed by atoms with Gasteiger partial charge in [-0.1, -0.05) is 19.1 Å². The summed E-state index contributed by atoms with van der Waals surface area (Å²) in [5.41, 5.74) is 1.84. The zero-order valence-electron chi connectivity index (χ0n) is 15.3. The number of thioether (sulfide) groups is 1. The molecule has 3 rings (SSSR count). The monoisotopic (exact) mass is 407 g/mol. The van der Waals surface area contributed by atoms with Crippen molar-refractivity contribution in [3.8, 4) is 0 Å². The van der Waals surface area contributed by atoms with E-state index in [1.165, 1.54) is 23.5 Å². The van der Waals surface area contributed by atoms with Gasteiger partial charge in [-0.05, 0) is 31.0 Å². The van der Waals surface area contributed by atoms with E-state index in [2.05, 4.69) is 10.3 Å². The molecule has 2 amide bonds. The van der Waals surface area contributed by atoms with E-state index in [0.717, 1.165) is 22.6 Å². The highest BCUT2D eigenvalue weighted by Crippen LogP contribution is 2.27. The smallest absolute Gasteiger partial charge is 0.249 e. The normalized spacial score (nSPS) is 16.6. The van der Waals surface area contributed by atoms with Gasteiger partial charge in [-0.2, -0.15) is 0 Å². The van der Waals surface area contributed by atoms with Crippen molar-refractivity contribution in [2.24, 2.45) is 0 Å². The number of hydrogen-bond acceptors (Lipinski definition) is 5. The highest BCUT2D eigenvalue weighted by atomic mass is 32.2. The molecule has 0 radical (unpaired) electrons. The maximum absolute atomic E-state index is 13.1. The molecule has 27 heavy (non-hydrogen) atoms. The van der Waals surface area contributed by atoms with Gasteiger partial charge in [0, 0.05) is 23.5 Å². The van der Waals surface area contributed by atoms with Gasteiger partial charge < -0.3 is 10.2 Å². The molecule has 2 aromatic rings. The Kier molecular flexibility index (Phi) is 6.49. The van der Waals surface area contributed by atoms with Crippen LogP contribution < -0.4 is 5.32 Å². The van der Waals surface area contributed by atoms with E-state index in [9.17, 15) is 14.0 Å². The van der Waals surface area contributed by atoms with Crippen molar-refractivity contribution >= 4 is 40.0 Å². The summed E-state index contributed by atoms with van der Waals surface area (Å²) >= 11 is 3.01. The molecule has 1 aromatic heterocycles. The molecule has 1 aliphatic heterocycles. The average Bonchev–Trinajstić information content (AvgIpc) is 3.24. The number of aromatic nitrogens is 1. The largest absolute Gasteiger partial charge is 0.321 e. The van der Waals surface area contributed by atoms with Gasteiger partial charge >= 0.3 is 0 Å². The second-order valence-corrected chi connectivity index (χ2v) is 8.53. The number of nitrogens with zero attached hydrogens (tertiary/aromatic N) is 2. The van der Waals surface area contributed by atoms with Gasteiger partial charge in [0.15, 0.2) is 5.13 Å². The lowest BCUT2D eigenvalue weighted by Crippen LogP contribution is -2.44. The van der Waals surface area contributed by atoms with Crippen molar-refractivity contribution in [3.63, 3.8) is 0 Å². The minimum Gasteiger partial charge on any atom is -0.321 e. The molecular formula is C19H22FN3O2S2. The lowest BCUT2D eigenvalue weighted by Gasteiger charge is -2.22. The molecule has 1 N–H and O–H groups in total. The van der Waals surface area contributed by atoms with E-state index >= 15 is 0 Å². The number of nitrogens with one attached hydrogen (secondary N) is 1. The van der Waals surface area contributed by atoms with Crippen LogP contribution in [0.1, 0.15) is 35.9 Å². The highest BCUT2D eigenvalue weighted by Gasteiger charge is 2.34. The SMILES string of the molecule is CCCC(=O)N1CSCC1C(=O)Nc1nc(C)c(Cc2ccc(F)cc2)s1. The summed E-state index contributed by atoms with van der Waals surface area (Å²) in [7, 11) is 0. The Morgan fingerprint density at radius 2 is 2.07 bits per heavy atom. The van der Waals surface area contributed by atoms with Crippen LogP contribution in [0.2, 0.25) is 0 Å². The number of aryl methyl sites for hydroxylation is 1. The Morgan fingerprint density at radius 1 is 1.33 bits per heavy atom. The van der Waals surface area contributed by atoms with Crippen LogP contribution in [0.25, 0.3) is 0 Å². The number of thiazole rings is 1. The minimum atomic E-state index is -0.446. The number of hydrogen-bond donors (Lipinski definition) is 1. The standard InChI is InChI=1S/C19H22FN3O2S2/c1-3-4-17(24)23-11-26-10-15(23)18(25)22-19-21-12(2)16(27-19)9-13-5-7-14(20)8-6-13/h5-8,15H,3-4,9-11H2,1-2H3,(H,21,22,25). The number of benzene rings is 1. The quantitative estimate of drug-likeness (QED) is 0.791. The first-order valence-corrected chi connectivity index (χ1v) is 10.8. The molecule has 0 aliphatic carbocycles. The molecule has 2 heterocycles. The van der Waals surface area contributed by atoms with E-state index in [4.69, 9.17) is 0 Å². The number of rotatable bonds is 6. The van der Waals surface area contributed by atoms with Gasteiger partial charge in [-0.25, -0.2) is 9.37 Å². The number of amides is 2. The number of carbonyl (C=O) groups is 2. The molecule has 1 unspecified atom stereocenters. The van der Waals surface area contributed by atoms with Crippen LogP contribution >= 0.6 is 23.1 Å². The molecule has 1 aliphatic rings. The molecule has 5 nitrogen and oxygen atoms in total. The van der Waals surface area contributed by atoms with Gasteiger partial charge in [0.1, 0.15) is 11.9 Å². The first-order chi connectivity index (χ1) is 13.0. The van der Waals surface area contributed by atoms with Crippen LogP contribution in [0, 0.1) is 12.7 Å². The molecule has 144 valence electrons. The van der Waals surface area contributed by atoms with Gasteiger partial charge in [-0.3, -0.25) is 9.59 Å². The van der Waals surface area contributed by atoms with Crippen molar-refractivity contribution in [3.05, 3.63) is 46.2 Å². The van der Waals surface area contributed by atoms with Crippen LogP contribution in [-0.2, 0) is 16.0 Å². The molecule has 1 saturated heterocycles. The van der Waals surface area contributed by atoms with Crippen molar-refractivity contribution in [1.82, 2.24) is 9.88 Å². The molecule has 1 atom stereocenters. The van der Waals surface area contributed by atoms with Gasteiger partial charge in [-0.15, -0.1) is 23.1 Å². The Morgan fingerprint density at radius 3 is 2.78 bits per heavy atom. The third-order valence-corrected chi connectivity index (χ3v) is 6.45. The summed E-state index contributed by atoms with van der Waals surface area (Å²) in [6, 6.07) is 5.93. The van der Waals surface area contributed by atoms with Crippen LogP contribution in [0.5, 0.6) is 0 Å². The average molecular weight is 408 g/mol. The first kappa shape index (κ1) is 19.8. The molecule has 0 bridgehead atoms. The van der Waals surface area contributed by atoms with Gasteiger partial charge in [0.2, 0.25) is 11.8 Å². The second kappa shape index (κ2) is 8.84. The van der Waals surface area contributed by atoms with Crippen LogP contribution in [0.3, 0.4) is 0 Å². The van der Waals surface area contributed by atoms with E-state index in [0.29, 0.717) is 29.6 Å². The summed E-state index contributed by atoms with van der Waals surface area (Å²) < 4.78 is 13.1. The third kappa shape index (κ3) is 4.87. The fourth-order valence-corrected chi connectivity index (χ4v) is 5.07.